The van der Waals surface area contributed by atoms with E-state index in [-0.39, 0.29) is 37.9 Å². The summed E-state index contributed by atoms with van der Waals surface area (Å²) in [5.74, 6) is -0.980. The van der Waals surface area contributed by atoms with Gasteiger partial charge in [-0.1, -0.05) is 12.5 Å². The SMILES string of the molecule is C/C=C\C(=O)N(C=O)CCCCCC(=O)NCCCOc1cc(OC2CC(O)CC(C(=O)O)O2)ccc1COC=O. The molecule has 0 bridgehead atoms. The van der Waals surface area contributed by atoms with Crippen LogP contribution in [0.5, 0.6) is 11.5 Å². The summed E-state index contributed by atoms with van der Waals surface area (Å²) < 4.78 is 21.8. The molecule has 1 heterocycles. The lowest BCUT2D eigenvalue weighted by atomic mass is 10.1. The molecule has 3 unspecified atom stereocenters. The van der Waals surface area contributed by atoms with Crippen molar-refractivity contribution in [3.05, 3.63) is 35.9 Å². The molecule has 226 valence electrons. The lowest BCUT2D eigenvalue weighted by Crippen LogP contribution is -2.42. The fraction of sp³-hybridized carbons (Fsp3) is 0.536. The number of hydrogen-bond acceptors (Lipinski definition) is 10. The Morgan fingerprint density at radius 1 is 1.15 bits per heavy atom. The molecule has 1 aromatic carbocycles. The summed E-state index contributed by atoms with van der Waals surface area (Å²) in [6, 6.07) is 4.78. The zero-order valence-electron chi connectivity index (χ0n) is 23.1. The molecule has 1 aliphatic rings. The molecule has 0 radical (unpaired) electrons. The Balaban J connectivity index is 1.75. The van der Waals surface area contributed by atoms with Crippen LogP contribution in [0.3, 0.4) is 0 Å². The van der Waals surface area contributed by atoms with E-state index in [4.69, 9.17) is 18.9 Å². The first kappa shape index (κ1) is 33.2. The summed E-state index contributed by atoms with van der Waals surface area (Å²) >= 11 is 0. The summed E-state index contributed by atoms with van der Waals surface area (Å²) in [5, 5.41) is 22.0. The zero-order valence-corrected chi connectivity index (χ0v) is 23.1. The Bertz CT molecular complexity index is 1050. The summed E-state index contributed by atoms with van der Waals surface area (Å²) in [5.41, 5.74) is 0.571. The van der Waals surface area contributed by atoms with E-state index >= 15 is 0 Å². The normalized spacial score (nSPS) is 18.3. The summed E-state index contributed by atoms with van der Waals surface area (Å²) in [7, 11) is 0. The van der Waals surface area contributed by atoms with Gasteiger partial charge in [0.15, 0.2) is 6.10 Å². The van der Waals surface area contributed by atoms with Gasteiger partial charge < -0.3 is 34.5 Å². The molecule has 13 heteroatoms. The first-order valence-electron chi connectivity index (χ1n) is 13.5. The molecule has 0 saturated carbocycles. The maximum absolute atomic E-state index is 12.1. The number of imide groups is 1. The van der Waals surface area contributed by atoms with Crippen LogP contribution in [-0.2, 0) is 40.1 Å². The fourth-order valence-electron chi connectivity index (χ4n) is 4.00. The van der Waals surface area contributed by atoms with E-state index in [1.807, 2.05) is 0 Å². The number of aliphatic carboxylic acids is 1. The molecule has 1 saturated heterocycles. The highest BCUT2D eigenvalue weighted by Crippen LogP contribution is 2.29. The van der Waals surface area contributed by atoms with Gasteiger partial charge >= 0.3 is 5.97 Å². The van der Waals surface area contributed by atoms with E-state index in [0.29, 0.717) is 75.1 Å². The van der Waals surface area contributed by atoms with Gasteiger partial charge in [0.25, 0.3) is 12.4 Å². The van der Waals surface area contributed by atoms with Crippen LogP contribution in [0.4, 0.5) is 0 Å². The van der Waals surface area contributed by atoms with Crippen molar-refractivity contribution in [2.75, 3.05) is 19.7 Å². The molecule has 2 rings (SSSR count). The van der Waals surface area contributed by atoms with E-state index in [2.05, 4.69) is 5.32 Å². The van der Waals surface area contributed by atoms with E-state index in [1.165, 1.54) is 6.08 Å². The van der Waals surface area contributed by atoms with E-state index < -0.39 is 24.5 Å². The van der Waals surface area contributed by atoms with Gasteiger partial charge in [0.2, 0.25) is 18.6 Å². The predicted octanol–water partition coefficient (Wildman–Crippen LogP) is 1.70. The Morgan fingerprint density at radius 3 is 2.66 bits per heavy atom. The van der Waals surface area contributed by atoms with Crippen LogP contribution in [0, 0.1) is 0 Å². The van der Waals surface area contributed by atoms with Gasteiger partial charge in [0.1, 0.15) is 18.1 Å². The molecular formula is C28H38N2O11. The second-order valence-corrected chi connectivity index (χ2v) is 9.31. The fourth-order valence-corrected chi connectivity index (χ4v) is 4.00. The number of unbranched alkanes of at least 4 members (excludes halogenated alkanes) is 2. The number of nitrogens with zero attached hydrogens (tertiary/aromatic N) is 1. The number of ether oxygens (including phenoxy) is 4. The molecule has 41 heavy (non-hydrogen) atoms. The molecule has 0 aliphatic carbocycles. The van der Waals surface area contributed by atoms with Gasteiger partial charge in [-0.15, -0.1) is 0 Å². The van der Waals surface area contributed by atoms with Crippen LogP contribution in [-0.4, -0.2) is 84.0 Å². The highest BCUT2D eigenvalue weighted by molar-refractivity contribution is 5.94. The third-order valence-corrected chi connectivity index (χ3v) is 6.08. The van der Waals surface area contributed by atoms with Crippen LogP contribution >= 0.6 is 0 Å². The van der Waals surface area contributed by atoms with Gasteiger partial charge in [0, 0.05) is 44.0 Å². The quantitative estimate of drug-likeness (QED) is 0.124. The largest absolute Gasteiger partial charge is 0.493 e. The van der Waals surface area contributed by atoms with Crippen molar-refractivity contribution in [2.24, 2.45) is 0 Å². The third kappa shape index (κ3) is 12.4. The number of nitrogens with one attached hydrogen (secondary N) is 1. The first-order valence-corrected chi connectivity index (χ1v) is 13.5. The van der Waals surface area contributed by atoms with Crippen molar-refractivity contribution >= 4 is 30.7 Å². The highest BCUT2D eigenvalue weighted by Gasteiger charge is 2.34. The summed E-state index contributed by atoms with van der Waals surface area (Å²) in [6.07, 6.45) is 3.17. The van der Waals surface area contributed by atoms with Crippen molar-refractivity contribution in [1.82, 2.24) is 10.2 Å². The summed E-state index contributed by atoms with van der Waals surface area (Å²) in [6.45, 7) is 2.88. The minimum absolute atomic E-state index is 0.0263. The van der Waals surface area contributed by atoms with Crippen LogP contribution in [0.15, 0.2) is 30.4 Å². The van der Waals surface area contributed by atoms with Gasteiger partial charge in [-0.05, 0) is 44.4 Å². The van der Waals surface area contributed by atoms with Crippen molar-refractivity contribution in [3.63, 3.8) is 0 Å². The van der Waals surface area contributed by atoms with Crippen LogP contribution in [0.25, 0.3) is 0 Å². The van der Waals surface area contributed by atoms with E-state index in [0.717, 1.165) is 4.90 Å². The van der Waals surface area contributed by atoms with Crippen LogP contribution in [0.2, 0.25) is 0 Å². The Kier molecular flexibility index (Phi) is 14.9. The highest BCUT2D eigenvalue weighted by atomic mass is 16.7. The van der Waals surface area contributed by atoms with Gasteiger partial charge in [-0.3, -0.25) is 24.1 Å². The van der Waals surface area contributed by atoms with E-state index in [1.54, 1.807) is 31.2 Å². The molecule has 3 amide bonds. The van der Waals surface area contributed by atoms with Crippen molar-refractivity contribution in [1.29, 1.82) is 0 Å². The minimum atomic E-state index is -1.19. The number of benzene rings is 1. The Labute approximate surface area is 238 Å². The monoisotopic (exact) mass is 578 g/mol. The average molecular weight is 579 g/mol. The predicted molar refractivity (Wildman–Crippen MR) is 144 cm³/mol. The van der Waals surface area contributed by atoms with Crippen LogP contribution in [0.1, 0.15) is 57.4 Å². The first-order chi connectivity index (χ1) is 19.8. The average Bonchev–Trinajstić information content (AvgIpc) is 2.94. The zero-order chi connectivity index (χ0) is 30.0. The standard InChI is InChI=1S/C28H38N2O11/c1-2-7-26(35)30(18-31)12-5-3-4-8-25(34)29-11-6-13-39-23-16-22(10-9-20(23)17-38-19-32)40-27-15-21(33)14-24(41-27)28(36)37/h2,7,9-10,16,18-19,21,24,27,33H,3-6,8,11-15,17H2,1H3,(H,29,34)(H,36,37)/b7-2-. The minimum Gasteiger partial charge on any atom is -0.493 e. The number of carboxylic acid groups (broad SMARTS) is 1. The van der Waals surface area contributed by atoms with Gasteiger partial charge in [0.05, 0.1) is 12.7 Å². The molecule has 1 aromatic rings. The number of hydrogen-bond donors (Lipinski definition) is 3. The van der Waals surface area contributed by atoms with Crippen molar-refractivity contribution < 1.29 is 53.1 Å². The molecule has 0 aromatic heterocycles. The van der Waals surface area contributed by atoms with Gasteiger partial charge in [-0.25, -0.2) is 4.79 Å². The second-order valence-electron chi connectivity index (χ2n) is 9.31. The van der Waals surface area contributed by atoms with Crippen molar-refractivity contribution in [3.8, 4) is 11.5 Å². The smallest absolute Gasteiger partial charge is 0.333 e. The maximum atomic E-state index is 12.1. The van der Waals surface area contributed by atoms with E-state index in [9.17, 15) is 34.2 Å². The number of rotatable bonds is 19. The number of carbonyl (C=O) groups is 5. The number of amides is 3. The van der Waals surface area contributed by atoms with Crippen molar-refractivity contribution in [2.45, 2.75) is 77.0 Å². The molecule has 0 spiro atoms. The molecule has 1 fully saturated rings. The number of aliphatic hydroxyl groups is 1. The van der Waals surface area contributed by atoms with Crippen LogP contribution < -0.4 is 14.8 Å². The maximum Gasteiger partial charge on any atom is 0.333 e. The van der Waals surface area contributed by atoms with Gasteiger partial charge in [-0.2, -0.15) is 0 Å². The lowest BCUT2D eigenvalue weighted by molar-refractivity contribution is -0.195. The number of allylic oxidation sites excluding steroid dienone is 1. The molecule has 3 N–H and O–H groups in total. The topological polar surface area (TPSA) is 178 Å². The molecular weight excluding hydrogens is 540 g/mol. The summed E-state index contributed by atoms with van der Waals surface area (Å²) in [4.78, 5) is 57.8. The molecule has 13 nitrogen and oxygen atoms in total. The number of carbonyl (C=O) groups excluding carboxylic acids is 4. The Morgan fingerprint density at radius 2 is 1.95 bits per heavy atom. The Hall–Kier alpha value is -3.97. The molecule has 1 aliphatic heterocycles. The lowest BCUT2D eigenvalue weighted by Gasteiger charge is -2.31. The third-order valence-electron chi connectivity index (χ3n) is 6.08. The second kappa shape index (κ2) is 18.4. The molecule has 3 atom stereocenters. The number of aliphatic hydroxyl groups excluding tert-OH is 1. The number of carboxylic acids is 1.